The Hall–Kier alpha value is -1.39. The molecule has 1 aromatic carbocycles. The number of aliphatic carboxylic acids is 1. The molecule has 5 N–H and O–H groups in total. The van der Waals surface area contributed by atoms with Gasteiger partial charge in [-0.3, -0.25) is 0 Å². The number of aliphatic hydroxyl groups is 1. The van der Waals surface area contributed by atoms with Gasteiger partial charge in [-0.15, -0.1) is 0 Å². The summed E-state index contributed by atoms with van der Waals surface area (Å²) >= 11 is 0. The van der Waals surface area contributed by atoms with Crippen LogP contribution in [0.1, 0.15) is 25.3 Å². The molecule has 1 rings (SSSR count). The lowest BCUT2D eigenvalue weighted by Crippen LogP contribution is -2.35. The predicted molar refractivity (Wildman–Crippen MR) is 61.0 cm³/mol. The van der Waals surface area contributed by atoms with Gasteiger partial charge in [-0.25, -0.2) is 0 Å². The first-order valence-electron chi connectivity index (χ1n) is 4.96. The molecule has 0 aromatic heterocycles. The van der Waals surface area contributed by atoms with Crippen molar-refractivity contribution in [1.82, 2.24) is 6.15 Å². The van der Waals surface area contributed by atoms with Crippen LogP contribution in [0.2, 0.25) is 0 Å². The lowest BCUT2D eigenvalue weighted by Gasteiger charge is -2.23. The molecule has 0 amide bonds. The highest BCUT2D eigenvalue weighted by molar-refractivity contribution is 5.65. The maximum absolute atomic E-state index is 10.4. The molecule has 16 heavy (non-hydrogen) atoms. The minimum atomic E-state index is -1.21. The number of carbonyl (C=O) groups excluding carboxylic acids is 1. The van der Waals surface area contributed by atoms with Crippen LogP contribution in [-0.2, 0) is 11.2 Å². The Balaban J connectivity index is 0.00000225. The fourth-order valence-electron chi connectivity index (χ4n) is 1.46. The molecule has 0 radical (unpaired) electrons. The summed E-state index contributed by atoms with van der Waals surface area (Å²) in [6, 6.07) is 9.67. The SMILES string of the molecule is CC(O)(CCc1ccccc1)CC(=O)[O-].[NH4+]. The molecule has 1 unspecified atom stereocenters. The minimum Gasteiger partial charge on any atom is -0.550 e. The Labute approximate surface area is 95.5 Å². The summed E-state index contributed by atoms with van der Waals surface area (Å²) in [6.45, 7) is 1.52. The van der Waals surface area contributed by atoms with Gasteiger partial charge in [0.05, 0.1) is 5.60 Å². The first kappa shape index (κ1) is 14.6. The summed E-state index contributed by atoms with van der Waals surface area (Å²) in [7, 11) is 0. The van der Waals surface area contributed by atoms with Gasteiger partial charge in [0.2, 0.25) is 0 Å². The van der Waals surface area contributed by atoms with Gasteiger partial charge >= 0.3 is 0 Å². The van der Waals surface area contributed by atoms with Gasteiger partial charge < -0.3 is 21.2 Å². The average Bonchev–Trinajstić information content (AvgIpc) is 2.15. The second-order valence-corrected chi connectivity index (χ2v) is 4.03. The Morgan fingerprint density at radius 3 is 2.44 bits per heavy atom. The van der Waals surface area contributed by atoms with Crippen molar-refractivity contribution in [2.45, 2.75) is 31.8 Å². The summed E-state index contributed by atoms with van der Waals surface area (Å²) in [5.41, 5.74) is -0.0922. The van der Waals surface area contributed by atoms with Crippen molar-refractivity contribution in [3.8, 4) is 0 Å². The van der Waals surface area contributed by atoms with Crippen LogP contribution in [0.3, 0.4) is 0 Å². The molecule has 0 aliphatic heterocycles. The van der Waals surface area contributed by atoms with Crippen molar-refractivity contribution < 1.29 is 15.0 Å². The third-order valence-electron chi connectivity index (χ3n) is 2.32. The molecular weight excluding hydrogens is 206 g/mol. The molecule has 1 aromatic rings. The topological polar surface area (TPSA) is 96.9 Å². The Morgan fingerprint density at radius 1 is 1.38 bits per heavy atom. The molecule has 4 heteroatoms. The van der Waals surface area contributed by atoms with Gasteiger partial charge in [0.1, 0.15) is 0 Å². The Kier molecular flexibility index (Phi) is 5.71. The molecule has 4 nitrogen and oxygen atoms in total. The summed E-state index contributed by atoms with van der Waals surface area (Å²) < 4.78 is 0. The number of hydrogen-bond acceptors (Lipinski definition) is 3. The largest absolute Gasteiger partial charge is 0.550 e. The second kappa shape index (κ2) is 6.25. The van der Waals surface area contributed by atoms with E-state index in [4.69, 9.17) is 0 Å². The van der Waals surface area contributed by atoms with E-state index in [0.29, 0.717) is 12.8 Å². The molecule has 0 fully saturated rings. The lowest BCUT2D eigenvalue weighted by molar-refractivity contribution is -0.309. The summed E-state index contributed by atoms with van der Waals surface area (Å²) in [4.78, 5) is 10.4. The van der Waals surface area contributed by atoms with Crippen LogP contribution in [0.25, 0.3) is 0 Å². The highest BCUT2D eigenvalue weighted by Gasteiger charge is 2.20. The number of carboxylic acids is 1. The van der Waals surface area contributed by atoms with E-state index in [1.807, 2.05) is 30.3 Å². The third-order valence-corrected chi connectivity index (χ3v) is 2.32. The molecule has 90 valence electrons. The fraction of sp³-hybridized carbons (Fsp3) is 0.417. The van der Waals surface area contributed by atoms with E-state index in [9.17, 15) is 15.0 Å². The third kappa shape index (κ3) is 5.48. The number of benzene rings is 1. The number of quaternary nitrogens is 1. The number of rotatable bonds is 5. The zero-order valence-corrected chi connectivity index (χ0v) is 9.77. The Bertz CT molecular complexity index is 322. The van der Waals surface area contributed by atoms with E-state index in [2.05, 4.69) is 0 Å². The van der Waals surface area contributed by atoms with Gasteiger partial charge in [0.25, 0.3) is 0 Å². The molecule has 1 atom stereocenters. The van der Waals surface area contributed by atoms with Crippen molar-refractivity contribution in [1.29, 1.82) is 0 Å². The standard InChI is InChI=1S/C12H16O3.H3N/c1-12(15,9-11(13)14)8-7-10-5-3-2-4-6-10;/h2-6,15H,7-9H2,1H3,(H,13,14);1H3. The van der Waals surface area contributed by atoms with Crippen LogP contribution in [-0.4, -0.2) is 16.7 Å². The second-order valence-electron chi connectivity index (χ2n) is 4.03. The van der Waals surface area contributed by atoms with E-state index >= 15 is 0 Å². The van der Waals surface area contributed by atoms with E-state index in [1.165, 1.54) is 6.92 Å². The number of carbonyl (C=O) groups is 1. The van der Waals surface area contributed by atoms with Crippen molar-refractivity contribution in [2.24, 2.45) is 0 Å². The zero-order valence-electron chi connectivity index (χ0n) is 9.77. The van der Waals surface area contributed by atoms with Crippen molar-refractivity contribution >= 4 is 5.97 Å². The van der Waals surface area contributed by atoms with Gasteiger partial charge in [0, 0.05) is 12.4 Å². The summed E-state index contributed by atoms with van der Waals surface area (Å²) in [5.74, 6) is -1.21. The molecule has 0 aliphatic rings. The van der Waals surface area contributed by atoms with Gasteiger partial charge in [0.15, 0.2) is 0 Å². The number of hydrogen-bond donors (Lipinski definition) is 2. The fourth-order valence-corrected chi connectivity index (χ4v) is 1.46. The van der Waals surface area contributed by atoms with Crippen LogP contribution in [0, 0.1) is 0 Å². The van der Waals surface area contributed by atoms with Crippen LogP contribution in [0.15, 0.2) is 30.3 Å². The quantitative estimate of drug-likeness (QED) is 0.778. The molecule has 0 saturated carbocycles. The number of carboxylic acid groups (broad SMARTS) is 1. The van der Waals surface area contributed by atoms with E-state index in [-0.39, 0.29) is 12.6 Å². The van der Waals surface area contributed by atoms with E-state index < -0.39 is 11.6 Å². The molecular formula is C12H19NO3. The van der Waals surface area contributed by atoms with Gasteiger partial charge in [-0.05, 0) is 25.3 Å². The first-order chi connectivity index (χ1) is 6.99. The van der Waals surface area contributed by atoms with E-state index in [1.54, 1.807) is 0 Å². The van der Waals surface area contributed by atoms with Crippen LogP contribution < -0.4 is 11.3 Å². The van der Waals surface area contributed by atoms with Gasteiger partial charge in [-0.2, -0.15) is 0 Å². The van der Waals surface area contributed by atoms with Crippen LogP contribution in [0.5, 0.6) is 0 Å². The van der Waals surface area contributed by atoms with Crippen LogP contribution in [0.4, 0.5) is 0 Å². The normalized spacial score (nSPS) is 13.6. The molecule has 0 saturated heterocycles. The maximum atomic E-state index is 10.4. The smallest absolute Gasteiger partial charge is 0.0674 e. The van der Waals surface area contributed by atoms with Gasteiger partial charge in [-0.1, -0.05) is 30.3 Å². The molecule has 0 bridgehead atoms. The average molecular weight is 225 g/mol. The molecule has 0 aliphatic carbocycles. The lowest BCUT2D eigenvalue weighted by atomic mass is 9.94. The summed E-state index contributed by atoms with van der Waals surface area (Å²) in [5, 5.41) is 20.1. The monoisotopic (exact) mass is 225 g/mol. The van der Waals surface area contributed by atoms with Crippen molar-refractivity contribution in [3.63, 3.8) is 0 Å². The van der Waals surface area contributed by atoms with E-state index in [0.717, 1.165) is 5.56 Å². The minimum absolute atomic E-state index is 0. The first-order valence-corrected chi connectivity index (χ1v) is 4.96. The van der Waals surface area contributed by atoms with Crippen molar-refractivity contribution in [3.05, 3.63) is 35.9 Å². The molecule has 0 heterocycles. The number of aryl methyl sites for hydroxylation is 1. The predicted octanol–water partition coefficient (Wildman–Crippen LogP) is 0.886. The maximum Gasteiger partial charge on any atom is 0.0674 e. The highest BCUT2D eigenvalue weighted by atomic mass is 16.4. The van der Waals surface area contributed by atoms with Crippen LogP contribution >= 0.6 is 0 Å². The summed E-state index contributed by atoms with van der Waals surface area (Å²) in [6.07, 6.45) is 0.770. The highest BCUT2D eigenvalue weighted by Crippen LogP contribution is 2.17. The zero-order chi connectivity index (χ0) is 11.3. The Morgan fingerprint density at radius 2 is 1.94 bits per heavy atom. The van der Waals surface area contributed by atoms with Crippen molar-refractivity contribution in [2.75, 3.05) is 0 Å². The molecule has 0 spiro atoms.